The lowest BCUT2D eigenvalue weighted by molar-refractivity contribution is -0.119. The lowest BCUT2D eigenvalue weighted by atomic mass is 9.98. The number of halogens is 1. The highest BCUT2D eigenvalue weighted by atomic mass is 35.5. The number of carbonyl (C=O) groups is 3. The van der Waals surface area contributed by atoms with Crippen molar-refractivity contribution in [1.82, 2.24) is 5.32 Å². The Labute approximate surface area is 200 Å². The molecule has 1 fully saturated rings. The third kappa shape index (κ3) is 3.99. The number of ether oxygens (including phenoxy) is 1. The largest absolute Gasteiger partial charge is 0.478 e. The molecule has 1 saturated carbocycles. The minimum Gasteiger partial charge on any atom is -0.478 e. The number of carboxylic acid groups (broad SMARTS) is 1. The van der Waals surface area contributed by atoms with Crippen molar-refractivity contribution in [2.24, 2.45) is 0 Å². The van der Waals surface area contributed by atoms with Crippen LogP contribution in [0.1, 0.15) is 40.2 Å². The Morgan fingerprint density at radius 2 is 1.59 bits per heavy atom. The summed E-state index contributed by atoms with van der Waals surface area (Å²) in [5.74, 6) is -1.62. The maximum absolute atomic E-state index is 12.8. The quantitative estimate of drug-likeness (QED) is 0.462. The zero-order valence-corrected chi connectivity index (χ0v) is 18.8. The van der Waals surface area contributed by atoms with Crippen molar-refractivity contribution in [3.05, 3.63) is 88.4 Å². The third-order valence-electron chi connectivity index (χ3n) is 6.33. The van der Waals surface area contributed by atoms with Gasteiger partial charge in [-0.05, 0) is 53.3 Å². The van der Waals surface area contributed by atoms with E-state index in [2.05, 4.69) is 22.8 Å². The maximum atomic E-state index is 12.8. The Bertz CT molecular complexity index is 1270. The van der Waals surface area contributed by atoms with Crippen molar-refractivity contribution in [1.29, 1.82) is 0 Å². The average molecular weight is 477 g/mol. The number of nitrogens with one attached hydrogen (secondary N) is 2. The highest BCUT2D eigenvalue weighted by molar-refractivity contribution is 6.34. The second-order valence-corrected chi connectivity index (χ2v) is 8.89. The fourth-order valence-electron chi connectivity index (χ4n) is 4.36. The Hall–Kier alpha value is -3.84. The molecule has 0 heterocycles. The summed E-state index contributed by atoms with van der Waals surface area (Å²) in [5.41, 5.74) is 3.70. The molecule has 2 aliphatic carbocycles. The van der Waals surface area contributed by atoms with Crippen LogP contribution in [0, 0.1) is 0 Å². The van der Waals surface area contributed by atoms with Crippen LogP contribution in [0.5, 0.6) is 0 Å². The molecular weight excluding hydrogens is 456 g/mol. The first kappa shape index (κ1) is 22.0. The number of hydrogen-bond acceptors (Lipinski definition) is 4. The molecule has 0 aromatic heterocycles. The van der Waals surface area contributed by atoms with E-state index in [1.54, 1.807) is 0 Å². The Morgan fingerprint density at radius 3 is 2.15 bits per heavy atom. The molecule has 0 bridgehead atoms. The fourth-order valence-corrected chi connectivity index (χ4v) is 4.58. The number of carboxylic acids is 1. The second-order valence-electron chi connectivity index (χ2n) is 8.49. The number of alkyl carbamates (subject to hydrolysis) is 1. The van der Waals surface area contributed by atoms with Gasteiger partial charge in [0.25, 0.3) is 0 Å². The molecule has 172 valence electrons. The van der Waals surface area contributed by atoms with Gasteiger partial charge in [-0.3, -0.25) is 4.79 Å². The number of carbonyl (C=O) groups excluding carboxylic acids is 2. The standard InChI is InChI=1S/C26H21ClN2O5/c27-21-13-15(23(30)31)9-10-22(21)28-24(32)26(11-12-26)29-25(33)34-14-20-18-7-3-1-5-16(18)17-6-2-4-8-19(17)20/h1-10,13,20H,11-12,14H2,(H,28,32)(H,29,33)(H,30,31). The molecule has 0 saturated heterocycles. The lowest BCUT2D eigenvalue weighted by Crippen LogP contribution is -2.46. The zero-order chi connectivity index (χ0) is 23.9. The van der Waals surface area contributed by atoms with Gasteiger partial charge in [0, 0.05) is 5.92 Å². The predicted molar refractivity (Wildman–Crippen MR) is 127 cm³/mol. The van der Waals surface area contributed by atoms with Crippen LogP contribution in [0.4, 0.5) is 10.5 Å². The topological polar surface area (TPSA) is 105 Å². The summed E-state index contributed by atoms with van der Waals surface area (Å²) in [6, 6.07) is 20.1. The van der Waals surface area contributed by atoms with Gasteiger partial charge in [0.15, 0.2) is 0 Å². The lowest BCUT2D eigenvalue weighted by Gasteiger charge is -2.19. The van der Waals surface area contributed by atoms with Crippen LogP contribution in [0.25, 0.3) is 11.1 Å². The highest BCUT2D eigenvalue weighted by Crippen LogP contribution is 2.44. The molecule has 2 amide bonds. The van der Waals surface area contributed by atoms with Gasteiger partial charge in [0.05, 0.1) is 16.3 Å². The maximum Gasteiger partial charge on any atom is 0.408 e. The van der Waals surface area contributed by atoms with Crippen molar-refractivity contribution in [3.8, 4) is 11.1 Å². The number of aromatic carboxylic acids is 1. The van der Waals surface area contributed by atoms with E-state index in [9.17, 15) is 14.4 Å². The van der Waals surface area contributed by atoms with E-state index in [1.807, 2.05) is 36.4 Å². The van der Waals surface area contributed by atoms with Gasteiger partial charge in [-0.15, -0.1) is 0 Å². The summed E-state index contributed by atoms with van der Waals surface area (Å²) in [5, 5.41) is 14.5. The third-order valence-corrected chi connectivity index (χ3v) is 6.65. The Balaban J connectivity index is 1.23. The Kier molecular flexibility index (Phi) is 5.49. The summed E-state index contributed by atoms with van der Waals surface area (Å²) in [4.78, 5) is 36.5. The van der Waals surface area contributed by atoms with E-state index in [1.165, 1.54) is 18.2 Å². The van der Waals surface area contributed by atoms with Gasteiger partial charge in [0.1, 0.15) is 12.1 Å². The van der Waals surface area contributed by atoms with Crippen molar-refractivity contribution < 1.29 is 24.2 Å². The molecule has 5 rings (SSSR count). The first-order chi connectivity index (χ1) is 16.4. The zero-order valence-electron chi connectivity index (χ0n) is 18.0. The minimum atomic E-state index is -1.12. The molecule has 34 heavy (non-hydrogen) atoms. The minimum absolute atomic E-state index is 0.0147. The number of amides is 2. The van der Waals surface area contributed by atoms with E-state index in [0.717, 1.165) is 22.3 Å². The van der Waals surface area contributed by atoms with E-state index >= 15 is 0 Å². The molecule has 0 radical (unpaired) electrons. The SMILES string of the molecule is O=C(NC1(C(=O)Nc2ccc(C(=O)O)cc2Cl)CC1)OCC1c2ccccc2-c2ccccc21. The van der Waals surface area contributed by atoms with Crippen molar-refractivity contribution in [3.63, 3.8) is 0 Å². The van der Waals surface area contributed by atoms with E-state index in [4.69, 9.17) is 21.4 Å². The number of fused-ring (bicyclic) bond motifs is 3. The molecule has 2 aliphatic rings. The molecule has 3 aromatic rings. The molecule has 0 atom stereocenters. The van der Waals surface area contributed by atoms with Gasteiger partial charge >= 0.3 is 12.1 Å². The van der Waals surface area contributed by atoms with Gasteiger partial charge in [-0.25, -0.2) is 9.59 Å². The summed E-state index contributed by atoms with van der Waals surface area (Å²) >= 11 is 6.11. The van der Waals surface area contributed by atoms with Crippen molar-refractivity contribution >= 4 is 35.3 Å². The summed E-state index contributed by atoms with van der Waals surface area (Å²) in [6.45, 7) is 0.153. The van der Waals surface area contributed by atoms with Crippen LogP contribution in [-0.2, 0) is 9.53 Å². The number of rotatable bonds is 6. The summed E-state index contributed by atoms with van der Waals surface area (Å²) in [7, 11) is 0. The molecular formula is C26H21ClN2O5. The van der Waals surface area contributed by atoms with E-state index < -0.39 is 23.5 Å². The predicted octanol–water partition coefficient (Wildman–Crippen LogP) is 5.05. The average Bonchev–Trinajstić information content (AvgIpc) is 3.54. The highest BCUT2D eigenvalue weighted by Gasteiger charge is 2.52. The van der Waals surface area contributed by atoms with E-state index in [-0.39, 0.29) is 28.8 Å². The smallest absolute Gasteiger partial charge is 0.408 e. The van der Waals surface area contributed by atoms with Crippen LogP contribution in [0.3, 0.4) is 0 Å². The summed E-state index contributed by atoms with van der Waals surface area (Å²) < 4.78 is 5.56. The molecule has 0 spiro atoms. The number of hydrogen-bond donors (Lipinski definition) is 3. The van der Waals surface area contributed by atoms with Crippen molar-refractivity contribution in [2.75, 3.05) is 11.9 Å². The first-order valence-electron chi connectivity index (χ1n) is 10.9. The second kappa shape index (κ2) is 8.50. The van der Waals surface area contributed by atoms with Gasteiger partial charge in [-0.1, -0.05) is 60.1 Å². The normalized spacial score (nSPS) is 15.1. The molecule has 3 N–H and O–H groups in total. The molecule has 3 aromatic carbocycles. The molecule has 0 unspecified atom stereocenters. The van der Waals surface area contributed by atoms with Crippen LogP contribution in [0.2, 0.25) is 5.02 Å². The summed E-state index contributed by atoms with van der Waals surface area (Å²) in [6.07, 6.45) is 0.267. The van der Waals surface area contributed by atoms with Gasteiger partial charge in [0.2, 0.25) is 5.91 Å². The molecule has 8 heteroatoms. The van der Waals surface area contributed by atoms with Crippen molar-refractivity contribution in [2.45, 2.75) is 24.3 Å². The van der Waals surface area contributed by atoms with Crippen LogP contribution in [0.15, 0.2) is 66.7 Å². The monoisotopic (exact) mass is 476 g/mol. The fraction of sp³-hybridized carbons (Fsp3) is 0.192. The number of benzene rings is 3. The van der Waals surface area contributed by atoms with Crippen LogP contribution in [-0.4, -0.2) is 35.2 Å². The van der Waals surface area contributed by atoms with Crippen LogP contribution >= 0.6 is 11.6 Å². The van der Waals surface area contributed by atoms with Gasteiger partial charge < -0.3 is 20.5 Å². The molecule has 7 nitrogen and oxygen atoms in total. The number of anilines is 1. The van der Waals surface area contributed by atoms with E-state index in [0.29, 0.717) is 12.8 Å². The molecule has 0 aliphatic heterocycles. The Morgan fingerprint density at radius 1 is 0.971 bits per heavy atom. The van der Waals surface area contributed by atoms with Crippen LogP contribution < -0.4 is 10.6 Å². The first-order valence-corrected chi connectivity index (χ1v) is 11.2. The van der Waals surface area contributed by atoms with Gasteiger partial charge in [-0.2, -0.15) is 0 Å².